The quantitative estimate of drug-likeness (QED) is 0.765. The first kappa shape index (κ1) is 20.4. The summed E-state index contributed by atoms with van der Waals surface area (Å²) >= 11 is 12.5. The second-order valence-electron chi connectivity index (χ2n) is 6.83. The van der Waals surface area contributed by atoms with Gasteiger partial charge in [0.25, 0.3) is 0 Å². The first-order valence-corrected chi connectivity index (χ1v) is 9.81. The van der Waals surface area contributed by atoms with E-state index in [1.165, 1.54) is 6.92 Å². The minimum atomic E-state index is -1.04. The summed E-state index contributed by atoms with van der Waals surface area (Å²) in [5.41, 5.74) is 1.77. The van der Waals surface area contributed by atoms with Crippen molar-refractivity contribution < 1.29 is 14.7 Å². The lowest BCUT2D eigenvalue weighted by molar-refractivity contribution is -0.142. The lowest BCUT2D eigenvalue weighted by Crippen LogP contribution is -2.45. The van der Waals surface area contributed by atoms with Crippen LogP contribution in [0.3, 0.4) is 0 Å². The van der Waals surface area contributed by atoms with Gasteiger partial charge >= 0.3 is 5.97 Å². The van der Waals surface area contributed by atoms with Crippen molar-refractivity contribution in [3.05, 3.63) is 46.6 Å². The van der Waals surface area contributed by atoms with E-state index < -0.39 is 12.0 Å². The third-order valence-corrected chi connectivity index (χ3v) is 5.75. The summed E-state index contributed by atoms with van der Waals surface area (Å²) < 4.78 is 0. The molecule has 1 unspecified atom stereocenters. The van der Waals surface area contributed by atoms with E-state index in [2.05, 4.69) is 15.2 Å². The van der Waals surface area contributed by atoms with Crippen molar-refractivity contribution in [3.8, 4) is 11.1 Å². The second kappa shape index (κ2) is 8.80. The third kappa shape index (κ3) is 4.56. The van der Waals surface area contributed by atoms with Crippen LogP contribution in [0.15, 0.2) is 36.5 Å². The zero-order valence-corrected chi connectivity index (χ0v) is 16.9. The zero-order valence-electron chi connectivity index (χ0n) is 15.4. The summed E-state index contributed by atoms with van der Waals surface area (Å²) in [6.45, 7) is 2.80. The Balaban J connectivity index is 1.67. The lowest BCUT2D eigenvalue weighted by atomic mass is 9.95. The molecule has 0 aliphatic carbocycles. The highest BCUT2D eigenvalue weighted by atomic mass is 35.5. The van der Waals surface area contributed by atoms with Crippen LogP contribution >= 0.6 is 23.2 Å². The Hall–Kier alpha value is -2.31. The largest absolute Gasteiger partial charge is 0.480 e. The molecule has 2 N–H and O–H groups in total. The van der Waals surface area contributed by atoms with Crippen LogP contribution in [0.2, 0.25) is 10.0 Å². The summed E-state index contributed by atoms with van der Waals surface area (Å²) in [6.07, 6.45) is 3.01. The highest BCUT2D eigenvalue weighted by Gasteiger charge is 2.27. The first-order chi connectivity index (χ1) is 13.4. The lowest BCUT2D eigenvalue weighted by Gasteiger charge is -2.32. The van der Waals surface area contributed by atoms with Gasteiger partial charge in [-0.15, -0.1) is 0 Å². The Kier molecular flexibility index (Phi) is 6.42. The van der Waals surface area contributed by atoms with E-state index >= 15 is 0 Å². The molecule has 1 aliphatic rings. The number of nitrogens with zero attached hydrogens (tertiary/aromatic N) is 2. The van der Waals surface area contributed by atoms with Gasteiger partial charge in [-0.3, -0.25) is 9.59 Å². The van der Waals surface area contributed by atoms with Gasteiger partial charge in [0.2, 0.25) is 5.91 Å². The van der Waals surface area contributed by atoms with Gasteiger partial charge in [0.05, 0.1) is 10.0 Å². The fourth-order valence-corrected chi connectivity index (χ4v) is 3.66. The Bertz CT molecular complexity index is 883. The smallest absolute Gasteiger partial charge is 0.325 e. The number of carbonyl (C=O) groups is 2. The number of pyridine rings is 1. The molecule has 0 radical (unpaired) electrons. The maximum Gasteiger partial charge on any atom is 0.325 e. The highest BCUT2D eigenvalue weighted by molar-refractivity contribution is 6.43. The molecule has 2 aromatic rings. The molecule has 8 heteroatoms. The summed E-state index contributed by atoms with van der Waals surface area (Å²) in [7, 11) is 0. The minimum absolute atomic E-state index is 0.191. The average Bonchev–Trinajstić information content (AvgIpc) is 2.70. The van der Waals surface area contributed by atoms with Crippen LogP contribution in [-0.4, -0.2) is 41.1 Å². The minimum Gasteiger partial charge on any atom is -0.480 e. The highest BCUT2D eigenvalue weighted by Crippen LogP contribution is 2.34. The first-order valence-electron chi connectivity index (χ1n) is 9.05. The SMILES string of the molecule is CC(NC(=O)C1CCN(c2cc(-c3cccc(Cl)c3Cl)ccn2)CC1)C(=O)O. The van der Waals surface area contributed by atoms with E-state index in [0.29, 0.717) is 36.0 Å². The van der Waals surface area contributed by atoms with E-state index in [0.717, 1.165) is 16.9 Å². The van der Waals surface area contributed by atoms with Crippen molar-refractivity contribution in [2.45, 2.75) is 25.8 Å². The van der Waals surface area contributed by atoms with E-state index in [4.69, 9.17) is 28.3 Å². The third-order valence-electron chi connectivity index (χ3n) is 4.93. The molecule has 0 spiro atoms. The van der Waals surface area contributed by atoms with E-state index in [1.807, 2.05) is 24.3 Å². The Morgan fingerprint density at radius 3 is 2.64 bits per heavy atom. The van der Waals surface area contributed by atoms with Crippen molar-refractivity contribution in [2.75, 3.05) is 18.0 Å². The maximum atomic E-state index is 12.2. The predicted octanol–water partition coefficient (Wildman–Crippen LogP) is 3.86. The van der Waals surface area contributed by atoms with Crippen molar-refractivity contribution in [3.63, 3.8) is 0 Å². The fraction of sp³-hybridized carbons (Fsp3) is 0.350. The van der Waals surface area contributed by atoms with Gasteiger partial charge in [0.1, 0.15) is 11.9 Å². The van der Waals surface area contributed by atoms with E-state index in [9.17, 15) is 9.59 Å². The van der Waals surface area contributed by atoms with Crippen molar-refractivity contribution >= 4 is 40.9 Å². The van der Waals surface area contributed by atoms with Gasteiger partial charge < -0.3 is 15.3 Å². The van der Waals surface area contributed by atoms with Gasteiger partial charge in [-0.1, -0.05) is 35.3 Å². The Morgan fingerprint density at radius 1 is 1.25 bits per heavy atom. The molecule has 1 aromatic carbocycles. The van der Waals surface area contributed by atoms with Crippen LogP contribution in [0.4, 0.5) is 5.82 Å². The monoisotopic (exact) mass is 421 g/mol. The number of aliphatic carboxylic acids is 1. The summed E-state index contributed by atoms with van der Waals surface area (Å²) in [4.78, 5) is 29.7. The molecule has 1 saturated heterocycles. The number of hydrogen-bond acceptors (Lipinski definition) is 4. The zero-order chi connectivity index (χ0) is 20.3. The number of amides is 1. The number of benzene rings is 1. The summed E-state index contributed by atoms with van der Waals surface area (Å²) in [5.74, 6) is -0.622. The molecular formula is C20H21Cl2N3O3. The maximum absolute atomic E-state index is 12.2. The molecule has 2 heterocycles. The van der Waals surface area contributed by atoms with Crippen LogP contribution in [0.5, 0.6) is 0 Å². The molecule has 148 valence electrons. The van der Waals surface area contributed by atoms with Gasteiger partial charge in [0, 0.05) is 30.8 Å². The molecule has 0 bridgehead atoms. The van der Waals surface area contributed by atoms with Crippen molar-refractivity contribution in [2.24, 2.45) is 5.92 Å². The number of carboxylic acids is 1. The van der Waals surface area contributed by atoms with E-state index in [-0.39, 0.29) is 11.8 Å². The number of anilines is 1. The van der Waals surface area contributed by atoms with Crippen LogP contribution in [-0.2, 0) is 9.59 Å². The van der Waals surface area contributed by atoms with Crippen LogP contribution in [0.1, 0.15) is 19.8 Å². The molecule has 6 nitrogen and oxygen atoms in total. The number of aromatic nitrogens is 1. The Morgan fingerprint density at radius 2 is 1.96 bits per heavy atom. The van der Waals surface area contributed by atoms with Crippen molar-refractivity contribution in [1.29, 1.82) is 0 Å². The summed E-state index contributed by atoms with van der Waals surface area (Å²) in [6, 6.07) is 8.47. The number of carbonyl (C=O) groups excluding carboxylic acids is 1. The average molecular weight is 422 g/mol. The Labute approximate surface area is 173 Å². The number of carboxylic acid groups (broad SMARTS) is 1. The molecule has 1 atom stereocenters. The van der Waals surface area contributed by atoms with Crippen LogP contribution < -0.4 is 10.2 Å². The fourth-order valence-electron chi connectivity index (χ4n) is 3.25. The molecule has 1 aromatic heterocycles. The molecular weight excluding hydrogens is 401 g/mol. The van der Waals surface area contributed by atoms with Gasteiger partial charge in [-0.2, -0.15) is 0 Å². The number of hydrogen-bond donors (Lipinski definition) is 2. The molecule has 1 amide bonds. The number of nitrogens with one attached hydrogen (secondary N) is 1. The van der Waals surface area contributed by atoms with Gasteiger partial charge in [-0.05, 0) is 43.5 Å². The van der Waals surface area contributed by atoms with Crippen molar-refractivity contribution in [1.82, 2.24) is 10.3 Å². The molecule has 28 heavy (non-hydrogen) atoms. The van der Waals surface area contributed by atoms with Gasteiger partial charge in [0.15, 0.2) is 0 Å². The predicted molar refractivity (Wildman–Crippen MR) is 110 cm³/mol. The van der Waals surface area contributed by atoms with Crippen LogP contribution in [0, 0.1) is 5.92 Å². The number of halogens is 2. The second-order valence-corrected chi connectivity index (χ2v) is 7.62. The number of rotatable bonds is 5. The van der Waals surface area contributed by atoms with Gasteiger partial charge in [-0.25, -0.2) is 4.98 Å². The molecule has 3 rings (SSSR count). The molecule has 1 aliphatic heterocycles. The standard InChI is InChI=1S/C20H21Cl2N3O3/c1-12(20(27)28)24-19(26)13-6-9-25(10-7-13)17-11-14(5-8-23-17)15-3-2-4-16(21)18(15)22/h2-5,8,11-13H,6-7,9-10H2,1H3,(H,24,26)(H,27,28). The topological polar surface area (TPSA) is 82.5 Å². The van der Waals surface area contributed by atoms with E-state index in [1.54, 1.807) is 12.3 Å². The molecule has 0 saturated carbocycles. The normalized spacial score (nSPS) is 15.9. The number of piperidine rings is 1. The van der Waals surface area contributed by atoms with Crippen LogP contribution in [0.25, 0.3) is 11.1 Å². The summed E-state index contributed by atoms with van der Waals surface area (Å²) in [5, 5.41) is 12.5. The molecule has 1 fully saturated rings.